The maximum atomic E-state index is 5.28. The molecule has 0 amide bonds. The van der Waals surface area contributed by atoms with Gasteiger partial charge in [0.25, 0.3) is 0 Å². The van der Waals surface area contributed by atoms with E-state index >= 15 is 0 Å². The fraction of sp³-hybridized carbons (Fsp3) is 0.700. The average Bonchev–Trinajstić information content (AvgIpc) is 2.86. The van der Waals surface area contributed by atoms with E-state index in [-0.39, 0.29) is 0 Å². The highest BCUT2D eigenvalue weighted by Crippen LogP contribution is 2.03. The minimum atomic E-state index is 0.576. The molecule has 1 aliphatic heterocycles. The van der Waals surface area contributed by atoms with Crippen molar-refractivity contribution in [1.82, 2.24) is 15.3 Å². The van der Waals surface area contributed by atoms with Crippen molar-refractivity contribution in [2.75, 3.05) is 19.8 Å². The van der Waals surface area contributed by atoms with Crippen molar-refractivity contribution in [1.29, 1.82) is 0 Å². The third-order valence-corrected chi connectivity index (χ3v) is 2.51. The molecule has 1 unspecified atom stereocenters. The van der Waals surface area contributed by atoms with Crippen LogP contribution in [0, 0.1) is 0 Å². The van der Waals surface area contributed by atoms with E-state index in [1.54, 1.807) is 6.20 Å². The molecule has 0 aliphatic carbocycles. The Kier molecular flexibility index (Phi) is 3.54. The Balaban J connectivity index is 1.55. The minimum absolute atomic E-state index is 0.576. The van der Waals surface area contributed by atoms with E-state index in [2.05, 4.69) is 15.3 Å². The minimum Gasteiger partial charge on any atom is -0.380 e. The molecule has 4 heteroatoms. The topological polar surface area (TPSA) is 49.9 Å². The Morgan fingerprint density at radius 2 is 2.64 bits per heavy atom. The predicted molar refractivity (Wildman–Crippen MR) is 54.1 cm³/mol. The van der Waals surface area contributed by atoms with Gasteiger partial charge >= 0.3 is 0 Å². The van der Waals surface area contributed by atoms with Gasteiger partial charge in [-0.3, -0.25) is 0 Å². The Bertz CT molecular complexity index is 242. The first kappa shape index (κ1) is 9.68. The molecule has 2 rings (SSSR count). The van der Waals surface area contributed by atoms with Gasteiger partial charge in [0.1, 0.15) is 5.82 Å². The van der Waals surface area contributed by atoms with E-state index in [0.717, 1.165) is 44.8 Å². The first-order valence-corrected chi connectivity index (χ1v) is 5.24. The number of hydrogen-bond donors (Lipinski definition) is 2. The number of hydrogen-bond acceptors (Lipinski definition) is 3. The summed E-state index contributed by atoms with van der Waals surface area (Å²) >= 11 is 0. The highest BCUT2D eigenvalue weighted by molar-refractivity contribution is 4.86. The highest BCUT2D eigenvalue weighted by Gasteiger charge is 2.13. The zero-order chi connectivity index (χ0) is 9.64. The van der Waals surface area contributed by atoms with Gasteiger partial charge in [0.2, 0.25) is 0 Å². The molecule has 0 bridgehead atoms. The number of H-pyrrole nitrogens is 1. The lowest BCUT2D eigenvalue weighted by Crippen LogP contribution is -2.30. The summed E-state index contributed by atoms with van der Waals surface area (Å²) in [6.45, 7) is 2.84. The maximum absolute atomic E-state index is 5.28. The Morgan fingerprint density at radius 1 is 1.64 bits per heavy atom. The van der Waals surface area contributed by atoms with Crippen molar-refractivity contribution >= 4 is 0 Å². The van der Waals surface area contributed by atoms with Crippen molar-refractivity contribution in [3.8, 4) is 0 Å². The third kappa shape index (κ3) is 2.82. The normalized spacial score (nSPS) is 21.6. The number of aryl methyl sites for hydroxylation is 1. The summed E-state index contributed by atoms with van der Waals surface area (Å²) in [7, 11) is 0. The van der Waals surface area contributed by atoms with Gasteiger partial charge in [0.05, 0.1) is 6.61 Å². The standard InChI is InChI=1S/C10H17N3O/c1(2-10-12-5-6-13-10)4-11-9-3-7-14-8-9/h5-6,9,11H,1-4,7-8H2,(H,12,13). The van der Waals surface area contributed by atoms with E-state index < -0.39 is 0 Å². The molecule has 4 nitrogen and oxygen atoms in total. The summed E-state index contributed by atoms with van der Waals surface area (Å²) in [4.78, 5) is 7.28. The van der Waals surface area contributed by atoms with E-state index in [9.17, 15) is 0 Å². The molecule has 0 saturated carbocycles. The molecule has 2 heterocycles. The number of nitrogens with zero attached hydrogens (tertiary/aromatic N) is 1. The SMILES string of the molecule is c1c[nH]c(CCCNC2CCOC2)n1. The zero-order valence-corrected chi connectivity index (χ0v) is 8.33. The fourth-order valence-electron chi connectivity index (χ4n) is 1.69. The molecule has 1 atom stereocenters. The monoisotopic (exact) mass is 195 g/mol. The number of ether oxygens (including phenoxy) is 1. The molecule has 0 spiro atoms. The molecule has 1 saturated heterocycles. The van der Waals surface area contributed by atoms with Crippen molar-refractivity contribution in [3.05, 3.63) is 18.2 Å². The first-order chi connectivity index (χ1) is 6.95. The van der Waals surface area contributed by atoms with Crippen LogP contribution in [0.25, 0.3) is 0 Å². The van der Waals surface area contributed by atoms with Gasteiger partial charge in [-0.15, -0.1) is 0 Å². The van der Waals surface area contributed by atoms with Crippen LogP contribution in [0.4, 0.5) is 0 Å². The van der Waals surface area contributed by atoms with Crippen molar-refractivity contribution in [2.24, 2.45) is 0 Å². The highest BCUT2D eigenvalue weighted by atomic mass is 16.5. The Hall–Kier alpha value is -0.870. The van der Waals surface area contributed by atoms with Crippen molar-refractivity contribution in [3.63, 3.8) is 0 Å². The predicted octanol–water partition coefficient (Wildman–Crippen LogP) is 0.721. The summed E-state index contributed by atoms with van der Waals surface area (Å²) in [5.41, 5.74) is 0. The lowest BCUT2D eigenvalue weighted by Gasteiger charge is -2.09. The van der Waals surface area contributed by atoms with Crippen molar-refractivity contribution < 1.29 is 4.74 Å². The Morgan fingerprint density at radius 3 is 3.36 bits per heavy atom. The molecule has 0 radical (unpaired) electrons. The second-order valence-electron chi connectivity index (χ2n) is 3.65. The van der Waals surface area contributed by atoms with Crippen LogP contribution in [-0.2, 0) is 11.2 Å². The molecule has 1 aliphatic rings. The van der Waals surface area contributed by atoms with Gasteiger partial charge in [0.15, 0.2) is 0 Å². The van der Waals surface area contributed by atoms with Gasteiger partial charge in [-0.2, -0.15) is 0 Å². The largest absolute Gasteiger partial charge is 0.380 e. The van der Waals surface area contributed by atoms with Gasteiger partial charge in [0, 0.05) is 31.5 Å². The molecule has 1 aromatic rings. The zero-order valence-electron chi connectivity index (χ0n) is 8.33. The molecule has 0 aromatic carbocycles. The molecular formula is C10H17N3O. The number of nitrogens with one attached hydrogen (secondary N) is 2. The van der Waals surface area contributed by atoms with E-state index in [1.807, 2.05) is 6.20 Å². The van der Waals surface area contributed by atoms with E-state index in [0.29, 0.717) is 6.04 Å². The van der Waals surface area contributed by atoms with Crippen LogP contribution in [0.15, 0.2) is 12.4 Å². The lowest BCUT2D eigenvalue weighted by atomic mass is 10.2. The van der Waals surface area contributed by atoms with Crippen LogP contribution < -0.4 is 5.32 Å². The van der Waals surface area contributed by atoms with Crippen LogP contribution in [0.3, 0.4) is 0 Å². The average molecular weight is 195 g/mol. The van der Waals surface area contributed by atoms with Crippen LogP contribution in [-0.4, -0.2) is 35.8 Å². The summed E-state index contributed by atoms with van der Waals surface area (Å²) in [6, 6.07) is 0.576. The van der Waals surface area contributed by atoms with E-state index in [4.69, 9.17) is 4.74 Å². The van der Waals surface area contributed by atoms with Crippen LogP contribution in [0.5, 0.6) is 0 Å². The number of aromatic amines is 1. The fourth-order valence-corrected chi connectivity index (χ4v) is 1.69. The Labute approximate surface area is 84.1 Å². The smallest absolute Gasteiger partial charge is 0.106 e. The molecule has 1 aromatic heterocycles. The number of imidazole rings is 1. The summed E-state index contributed by atoms with van der Waals surface area (Å²) in [6.07, 6.45) is 6.97. The number of rotatable bonds is 5. The number of aromatic nitrogens is 2. The molecule has 1 fully saturated rings. The van der Waals surface area contributed by atoms with Gasteiger partial charge < -0.3 is 15.0 Å². The van der Waals surface area contributed by atoms with Gasteiger partial charge in [-0.1, -0.05) is 0 Å². The van der Waals surface area contributed by atoms with Crippen LogP contribution >= 0.6 is 0 Å². The summed E-state index contributed by atoms with van der Waals surface area (Å²) in [5.74, 6) is 1.08. The van der Waals surface area contributed by atoms with Crippen molar-refractivity contribution in [2.45, 2.75) is 25.3 Å². The van der Waals surface area contributed by atoms with E-state index in [1.165, 1.54) is 0 Å². The van der Waals surface area contributed by atoms with Gasteiger partial charge in [-0.25, -0.2) is 4.98 Å². The first-order valence-electron chi connectivity index (χ1n) is 5.24. The second kappa shape index (κ2) is 5.12. The molecule has 14 heavy (non-hydrogen) atoms. The lowest BCUT2D eigenvalue weighted by molar-refractivity contribution is 0.190. The van der Waals surface area contributed by atoms with Gasteiger partial charge in [-0.05, 0) is 19.4 Å². The maximum Gasteiger partial charge on any atom is 0.106 e. The van der Waals surface area contributed by atoms with Crippen LogP contribution in [0.2, 0.25) is 0 Å². The third-order valence-electron chi connectivity index (χ3n) is 2.51. The van der Waals surface area contributed by atoms with Crippen LogP contribution in [0.1, 0.15) is 18.7 Å². The summed E-state index contributed by atoms with van der Waals surface area (Å²) < 4.78 is 5.28. The quantitative estimate of drug-likeness (QED) is 0.681. The molecular weight excluding hydrogens is 178 g/mol. The summed E-state index contributed by atoms with van der Waals surface area (Å²) in [5, 5.41) is 3.48. The second-order valence-corrected chi connectivity index (χ2v) is 3.65. The molecule has 78 valence electrons. The molecule has 2 N–H and O–H groups in total.